The highest BCUT2D eigenvalue weighted by Gasteiger charge is 2.24. The van der Waals surface area contributed by atoms with Crippen molar-refractivity contribution in [2.45, 2.75) is 38.5 Å². The van der Waals surface area contributed by atoms with E-state index < -0.39 is 5.91 Å². The summed E-state index contributed by atoms with van der Waals surface area (Å²) >= 11 is 0. The summed E-state index contributed by atoms with van der Waals surface area (Å²) in [6.07, 6.45) is 6.24. The summed E-state index contributed by atoms with van der Waals surface area (Å²) in [5.41, 5.74) is 1.50. The van der Waals surface area contributed by atoms with Gasteiger partial charge >= 0.3 is 0 Å². The second-order valence-corrected chi connectivity index (χ2v) is 7.71. The number of hydrogen-bond acceptors (Lipinski definition) is 4. The third-order valence-corrected chi connectivity index (χ3v) is 5.62. The first-order chi connectivity index (χ1) is 14.7. The molecule has 0 bridgehead atoms. The first kappa shape index (κ1) is 20.0. The molecule has 0 saturated heterocycles. The topological polar surface area (TPSA) is 80.6 Å². The number of furan rings is 1. The van der Waals surface area contributed by atoms with E-state index in [1.165, 1.54) is 19.3 Å². The molecule has 0 aliphatic heterocycles. The zero-order valence-corrected chi connectivity index (χ0v) is 17.1. The highest BCUT2D eigenvalue weighted by atomic mass is 16.5. The normalized spacial score (nSPS) is 14.4. The number of para-hydroxylation sites is 3. The third kappa shape index (κ3) is 4.32. The minimum Gasteiger partial charge on any atom is -0.495 e. The Morgan fingerprint density at radius 1 is 1.00 bits per heavy atom. The molecule has 4 rings (SSSR count). The molecule has 6 nitrogen and oxygen atoms in total. The molecule has 1 fully saturated rings. The summed E-state index contributed by atoms with van der Waals surface area (Å²) in [5.74, 6) is 0.509. The number of benzene rings is 2. The van der Waals surface area contributed by atoms with E-state index in [1.807, 2.05) is 30.3 Å². The Morgan fingerprint density at radius 2 is 1.73 bits per heavy atom. The van der Waals surface area contributed by atoms with Crippen molar-refractivity contribution >= 4 is 34.2 Å². The van der Waals surface area contributed by atoms with Crippen LogP contribution >= 0.6 is 0 Å². The van der Waals surface area contributed by atoms with Crippen LogP contribution in [-0.2, 0) is 4.79 Å². The zero-order chi connectivity index (χ0) is 20.9. The minimum atomic E-state index is -0.441. The number of amides is 2. The van der Waals surface area contributed by atoms with Crippen LogP contribution in [0, 0.1) is 5.92 Å². The molecule has 1 aromatic heterocycles. The molecule has 156 valence electrons. The van der Waals surface area contributed by atoms with E-state index in [0.29, 0.717) is 40.4 Å². The van der Waals surface area contributed by atoms with Gasteiger partial charge in [0.05, 0.1) is 12.8 Å². The molecule has 2 N–H and O–H groups in total. The van der Waals surface area contributed by atoms with Crippen LogP contribution in [0.25, 0.3) is 11.0 Å². The highest BCUT2D eigenvalue weighted by Crippen LogP contribution is 2.33. The van der Waals surface area contributed by atoms with E-state index >= 15 is 0 Å². The summed E-state index contributed by atoms with van der Waals surface area (Å²) in [6.45, 7) is 0. The molecule has 0 atom stereocenters. The highest BCUT2D eigenvalue weighted by molar-refractivity contribution is 6.14. The molecule has 0 unspecified atom stereocenters. The van der Waals surface area contributed by atoms with Gasteiger partial charge in [0.15, 0.2) is 0 Å². The standard InChI is InChI=1S/C24H26N2O4/c1-29-20-14-8-6-12-18(20)25-24(28)23-22(17-11-5-7-13-19(17)30-23)26-21(27)15-16-9-3-2-4-10-16/h5-8,11-14,16H,2-4,9-10,15H2,1H3,(H,25,28)(H,26,27). The molecule has 2 amide bonds. The van der Waals surface area contributed by atoms with Gasteiger partial charge in [-0.05, 0) is 43.0 Å². The van der Waals surface area contributed by atoms with E-state index in [1.54, 1.807) is 25.3 Å². The van der Waals surface area contributed by atoms with Gasteiger partial charge in [0.25, 0.3) is 5.91 Å². The number of ether oxygens (including phenoxy) is 1. The number of nitrogens with one attached hydrogen (secondary N) is 2. The zero-order valence-electron chi connectivity index (χ0n) is 17.1. The molecule has 2 aromatic carbocycles. The fraction of sp³-hybridized carbons (Fsp3) is 0.333. The predicted molar refractivity (Wildman–Crippen MR) is 117 cm³/mol. The van der Waals surface area contributed by atoms with E-state index in [9.17, 15) is 9.59 Å². The molecular formula is C24H26N2O4. The van der Waals surface area contributed by atoms with Crippen LogP contribution in [0.3, 0.4) is 0 Å². The van der Waals surface area contributed by atoms with Crippen LogP contribution in [0.5, 0.6) is 5.75 Å². The summed E-state index contributed by atoms with van der Waals surface area (Å²) in [7, 11) is 1.54. The Kier molecular flexibility index (Phi) is 6.02. The smallest absolute Gasteiger partial charge is 0.293 e. The minimum absolute atomic E-state index is 0.0825. The lowest BCUT2D eigenvalue weighted by Gasteiger charge is -2.20. The monoisotopic (exact) mass is 406 g/mol. The van der Waals surface area contributed by atoms with Gasteiger partial charge in [0.1, 0.15) is 17.0 Å². The number of anilines is 2. The van der Waals surface area contributed by atoms with Crippen molar-refractivity contribution in [3.05, 3.63) is 54.3 Å². The van der Waals surface area contributed by atoms with Crippen LogP contribution in [0.2, 0.25) is 0 Å². The second-order valence-electron chi connectivity index (χ2n) is 7.71. The number of carbonyl (C=O) groups is 2. The van der Waals surface area contributed by atoms with Gasteiger partial charge in [-0.3, -0.25) is 9.59 Å². The molecule has 1 aliphatic carbocycles. The van der Waals surface area contributed by atoms with Crippen LogP contribution in [0.4, 0.5) is 11.4 Å². The third-order valence-electron chi connectivity index (χ3n) is 5.62. The maximum atomic E-state index is 13.0. The molecule has 1 saturated carbocycles. The van der Waals surface area contributed by atoms with E-state index in [4.69, 9.17) is 9.15 Å². The van der Waals surface area contributed by atoms with Crippen molar-refractivity contribution in [3.63, 3.8) is 0 Å². The van der Waals surface area contributed by atoms with E-state index in [2.05, 4.69) is 10.6 Å². The average molecular weight is 406 g/mol. The van der Waals surface area contributed by atoms with Crippen LogP contribution in [0.15, 0.2) is 52.9 Å². The number of methoxy groups -OCH3 is 1. The summed E-state index contributed by atoms with van der Waals surface area (Å²) < 4.78 is 11.1. The fourth-order valence-corrected chi connectivity index (χ4v) is 4.10. The van der Waals surface area contributed by atoms with E-state index in [-0.39, 0.29) is 11.7 Å². The molecule has 0 spiro atoms. The van der Waals surface area contributed by atoms with Crippen molar-refractivity contribution < 1.29 is 18.7 Å². The van der Waals surface area contributed by atoms with Crippen LogP contribution in [0.1, 0.15) is 49.1 Å². The van der Waals surface area contributed by atoms with Gasteiger partial charge in [-0.15, -0.1) is 0 Å². The van der Waals surface area contributed by atoms with Crippen molar-refractivity contribution in [3.8, 4) is 5.75 Å². The van der Waals surface area contributed by atoms with Gasteiger partial charge in [-0.1, -0.05) is 43.5 Å². The second kappa shape index (κ2) is 9.03. The summed E-state index contributed by atoms with van der Waals surface area (Å²) in [5, 5.41) is 6.48. The van der Waals surface area contributed by atoms with Crippen LogP contribution < -0.4 is 15.4 Å². The first-order valence-electron chi connectivity index (χ1n) is 10.4. The number of hydrogen-bond donors (Lipinski definition) is 2. The average Bonchev–Trinajstić information content (AvgIpc) is 3.13. The largest absolute Gasteiger partial charge is 0.495 e. The Hall–Kier alpha value is -3.28. The molecular weight excluding hydrogens is 380 g/mol. The quantitative estimate of drug-likeness (QED) is 0.558. The molecule has 1 aliphatic rings. The lowest BCUT2D eigenvalue weighted by molar-refractivity contribution is -0.117. The fourth-order valence-electron chi connectivity index (χ4n) is 4.10. The Labute approximate surface area is 175 Å². The van der Waals surface area contributed by atoms with Crippen molar-refractivity contribution in [2.75, 3.05) is 17.7 Å². The Morgan fingerprint density at radius 3 is 2.53 bits per heavy atom. The Balaban J connectivity index is 1.59. The van der Waals surface area contributed by atoms with Crippen molar-refractivity contribution in [1.82, 2.24) is 0 Å². The van der Waals surface area contributed by atoms with Gasteiger partial charge < -0.3 is 19.8 Å². The van der Waals surface area contributed by atoms with E-state index in [0.717, 1.165) is 12.8 Å². The molecule has 0 radical (unpaired) electrons. The van der Waals surface area contributed by atoms with Gasteiger partial charge in [-0.25, -0.2) is 0 Å². The van der Waals surface area contributed by atoms with Gasteiger partial charge in [-0.2, -0.15) is 0 Å². The summed E-state index contributed by atoms with van der Waals surface area (Å²) in [6, 6.07) is 14.5. The Bertz CT molecular complexity index is 1050. The number of rotatable bonds is 6. The van der Waals surface area contributed by atoms with Crippen molar-refractivity contribution in [2.24, 2.45) is 5.92 Å². The molecule has 6 heteroatoms. The van der Waals surface area contributed by atoms with Gasteiger partial charge in [0.2, 0.25) is 11.7 Å². The molecule has 1 heterocycles. The first-order valence-corrected chi connectivity index (χ1v) is 10.4. The maximum Gasteiger partial charge on any atom is 0.293 e. The summed E-state index contributed by atoms with van der Waals surface area (Å²) in [4.78, 5) is 25.8. The SMILES string of the molecule is COc1ccccc1NC(=O)c1oc2ccccc2c1NC(=O)CC1CCCCC1. The van der Waals surface area contributed by atoms with Gasteiger partial charge in [0, 0.05) is 11.8 Å². The maximum absolute atomic E-state index is 13.0. The van der Waals surface area contributed by atoms with Crippen molar-refractivity contribution in [1.29, 1.82) is 0 Å². The molecule has 3 aromatic rings. The lowest BCUT2D eigenvalue weighted by Crippen LogP contribution is -2.20. The lowest BCUT2D eigenvalue weighted by atomic mass is 9.87. The predicted octanol–water partition coefficient (Wildman–Crippen LogP) is 5.60. The molecule has 30 heavy (non-hydrogen) atoms. The number of fused-ring (bicyclic) bond motifs is 1. The van der Waals surface area contributed by atoms with Crippen LogP contribution in [-0.4, -0.2) is 18.9 Å². The number of carbonyl (C=O) groups excluding carboxylic acids is 2.